The zero-order chi connectivity index (χ0) is 28.1. The van der Waals surface area contributed by atoms with Crippen LogP contribution in [-0.2, 0) is 0 Å². The van der Waals surface area contributed by atoms with Gasteiger partial charge in [0, 0.05) is 0 Å². The van der Waals surface area contributed by atoms with Crippen molar-refractivity contribution in [1.82, 2.24) is 0 Å². The second-order valence-corrected chi connectivity index (χ2v) is 104. The van der Waals surface area contributed by atoms with E-state index in [1.165, 1.54) is 0 Å². The fraction of sp³-hybridized carbons (Fsp3) is 0. The third-order valence-corrected chi connectivity index (χ3v) is 261. The van der Waals surface area contributed by atoms with Crippen LogP contribution < -0.4 is 25.9 Å². The molecule has 1 fully saturated rings. The highest BCUT2D eigenvalue weighted by Gasteiger charge is 2.92. The van der Waals surface area contributed by atoms with Gasteiger partial charge in [0.1, 0.15) is 0 Å². The lowest BCUT2D eigenvalue weighted by molar-refractivity contribution is 1.75. The van der Waals surface area contributed by atoms with E-state index in [2.05, 4.69) is 261 Å². The zero-order valence-corrected chi connectivity index (χ0v) is 37.1. The lowest BCUT2D eigenvalue weighted by Gasteiger charge is -2.45. The smallest absolute Gasteiger partial charge is 0.117 e. The summed E-state index contributed by atoms with van der Waals surface area (Å²) in [7, 11) is 0. The summed E-state index contributed by atoms with van der Waals surface area (Å²) in [4.78, 5) is 0. The second kappa shape index (κ2) is 12.0. The standard InChI is InChI=1S/C30H25I5Si5/c31-36(26-16-6-1-7-17-26)37(32,27-18-8-2-9-19-27)39(34,29-22-12-4-13-23-29)40(35,30-24-14-5-15-25-30)38(36,33)28-20-10-3-11-21-28/h1-25H. The predicted molar refractivity (Wildman–Crippen MR) is 229 cm³/mol. The van der Waals surface area contributed by atoms with Gasteiger partial charge in [0.25, 0.3) is 0 Å². The largest absolute Gasteiger partial charge is 0.169 e. The van der Waals surface area contributed by atoms with Gasteiger partial charge in [-0.15, -0.1) is 109 Å². The van der Waals surface area contributed by atoms with Crippen molar-refractivity contribution in [2.24, 2.45) is 0 Å². The number of benzene rings is 5. The molecule has 0 amide bonds. The van der Waals surface area contributed by atoms with Gasteiger partial charge >= 0.3 is 0 Å². The van der Waals surface area contributed by atoms with Crippen LogP contribution in [0.25, 0.3) is 0 Å². The van der Waals surface area contributed by atoms with E-state index in [0.29, 0.717) is 0 Å². The highest BCUT2D eigenvalue weighted by Crippen LogP contribution is 2.62. The summed E-state index contributed by atoms with van der Waals surface area (Å²) in [5, 5.41) is 8.32. The van der Waals surface area contributed by atoms with Gasteiger partial charge in [0.2, 0.25) is 0 Å². The molecule has 0 aromatic heterocycles. The molecule has 0 bridgehead atoms. The zero-order valence-electron chi connectivity index (χ0n) is 21.3. The lowest BCUT2D eigenvalue weighted by atomic mass is 10.4. The van der Waals surface area contributed by atoms with Crippen LogP contribution in [0.15, 0.2) is 152 Å². The molecule has 0 atom stereocenters. The minimum absolute atomic E-state index is 1.66. The minimum Gasteiger partial charge on any atom is -0.117 e. The van der Waals surface area contributed by atoms with Crippen molar-refractivity contribution in [3.05, 3.63) is 152 Å². The van der Waals surface area contributed by atoms with Crippen LogP contribution >= 0.6 is 109 Å². The van der Waals surface area contributed by atoms with Crippen LogP contribution in [0.2, 0.25) is 0 Å². The SMILES string of the molecule is I[Si]1(c2ccccc2)[Si](I)(c2ccccc2)[Si](I)(c2ccccc2)[Si](I)(c2ccccc2)[Si]1(I)c1ccccc1. The van der Waals surface area contributed by atoms with Crippen LogP contribution in [-0.4, -0.2) is 23.0 Å². The van der Waals surface area contributed by atoms with Crippen molar-refractivity contribution >= 4 is 158 Å². The lowest BCUT2D eigenvalue weighted by Crippen LogP contribution is -2.82. The molecular weight excluding hydrogens is 1140 g/mol. The number of halogens is 5. The maximum atomic E-state index is 3.21. The number of hydrogen-bond acceptors (Lipinski definition) is 0. The molecule has 1 aliphatic heterocycles. The Hall–Kier alpha value is 0.834. The fourth-order valence-electron chi connectivity index (χ4n) is 6.51. The summed E-state index contributed by atoms with van der Waals surface area (Å²) >= 11 is 16.0. The number of rotatable bonds is 5. The molecule has 0 N–H and O–H groups in total. The molecule has 1 aliphatic rings. The van der Waals surface area contributed by atoms with E-state index in [1.54, 1.807) is 25.9 Å². The quantitative estimate of drug-likeness (QED) is 0.103. The first kappa shape index (κ1) is 30.8. The molecule has 5 aromatic carbocycles. The van der Waals surface area contributed by atoms with Crippen LogP contribution in [0.4, 0.5) is 0 Å². The van der Waals surface area contributed by atoms with E-state index in [1.807, 2.05) is 0 Å². The Morgan fingerprint density at radius 3 is 0.475 bits per heavy atom. The topological polar surface area (TPSA) is 0 Å². The van der Waals surface area contributed by atoms with Crippen molar-refractivity contribution in [2.75, 3.05) is 0 Å². The maximum absolute atomic E-state index is 3.21. The molecule has 5 aromatic rings. The summed E-state index contributed by atoms with van der Waals surface area (Å²) in [6, 6.07) is 59.3. The van der Waals surface area contributed by atoms with Crippen molar-refractivity contribution in [2.45, 2.75) is 0 Å². The molecular formula is C30H25I5Si5. The molecule has 0 saturated carbocycles. The summed E-state index contributed by atoms with van der Waals surface area (Å²) in [6.07, 6.45) is 0. The molecule has 1 saturated heterocycles. The molecule has 0 unspecified atom stereocenters. The van der Waals surface area contributed by atoms with Gasteiger partial charge in [0.05, 0.1) is 0 Å². The average molecular weight is 1160 g/mol. The first-order chi connectivity index (χ1) is 19.3. The van der Waals surface area contributed by atoms with Gasteiger partial charge in [-0.3, -0.25) is 0 Å². The third-order valence-electron chi connectivity index (χ3n) is 8.23. The highest BCUT2D eigenvalue weighted by molar-refractivity contribution is 14.2. The van der Waals surface area contributed by atoms with Crippen molar-refractivity contribution < 1.29 is 0 Å². The van der Waals surface area contributed by atoms with Gasteiger partial charge in [-0.1, -0.05) is 178 Å². The Balaban J connectivity index is 1.90. The molecule has 0 radical (unpaired) electrons. The second-order valence-electron chi connectivity index (χ2n) is 10.1. The Bertz CT molecular complexity index is 1310. The van der Waals surface area contributed by atoms with E-state index in [0.717, 1.165) is 0 Å². The predicted octanol–water partition coefficient (Wildman–Crippen LogP) is 6.83. The monoisotopic (exact) mass is 1160 g/mol. The van der Waals surface area contributed by atoms with Crippen molar-refractivity contribution in [3.63, 3.8) is 0 Å². The van der Waals surface area contributed by atoms with Crippen LogP contribution in [0.3, 0.4) is 0 Å². The molecule has 0 spiro atoms. The molecule has 0 aliphatic carbocycles. The third kappa shape index (κ3) is 4.14. The van der Waals surface area contributed by atoms with Crippen LogP contribution in [0, 0.1) is 0 Å². The Morgan fingerprint density at radius 2 is 0.350 bits per heavy atom. The van der Waals surface area contributed by atoms with Crippen molar-refractivity contribution in [3.8, 4) is 0 Å². The molecule has 40 heavy (non-hydrogen) atoms. The molecule has 0 nitrogen and oxygen atoms in total. The van der Waals surface area contributed by atoms with E-state index in [4.69, 9.17) is 0 Å². The molecule has 200 valence electrons. The van der Waals surface area contributed by atoms with E-state index >= 15 is 0 Å². The summed E-state index contributed by atoms with van der Waals surface area (Å²) in [6.45, 7) is 0. The first-order valence-corrected chi connectivity index (χ1v) is 43.6. The van der Waals surface area contributed by atoms with Gasteiger partial charge in [0.15, 0.2) is 23.0 Å². The van der Waals surface area contributed by atoms with Gasteiger partial charge in [-0.05, 0) is 0 Å². The van der Waals surface area contributed by atoms with Crippen LogP contribution in [0.1, 0.15) is 0 Å². The fourth-order valence-corrected chi connectivity index (χ4v) is 423. The summed E-state index contributed by atoms with van der Waals surface area (Å²) in [5.74, 6) is 0. The van der Waals surface area contributed by atoms with E-state index in [9.17, 15) is 0 Å². The Kier molecular flexibility index (Phi) is 9.23. The Morgan fingerprint density at radius 1 is 0.225 bits per heavy atom. The molecule has 6 rings (SSSR count). The minimum atomic E-state index is -2.26. The van der Waals surface area contributed by atoms with E-state index in [-0.39, 0.29) is 0 Å². The average Bonchev–Trinajstić information content (AvgIpc) is 3.13. The maximum Gasteiger partial charge on any atom is 0.169 e. The Labute approximate surface area is 304 Å². The van der Waals surface area contributed by atoms with E-state index < -0.39 is 23.0 Å². The summed E-state index contributed by atoms with van der Waals surface area (Å²) < 4.78 is -11.3. The van der Waals surface area contributed by atoms with Crippen molar-refractivity contribution in [1.29, 1.82) is 0 Å². The van der Waals surface area contributed by atoms with Gasteiger partial charge in [-0.25, -0.2) is 0 Å². The van der Waals surface area contributed by atoms with Gasteiger partial charge in [-0.2, -0.15) is 0 Å². The first-order valence-electron chi connectivity index (χ1n) is 13.0. The summed E-state index contributed by atoms with van der Waals surface area (Å²) in [5.41, 5.74) is 0. The van der Waals surface area contributed by atoms with Gasteiger partial charge < -0.3 is 0 Å². The molecule has 10 heteroatoms. The number of hydrogen-bond donors (Lipinski definition) is 0. The molecule has 1 heterocycles. The van der Waals surface area contributed by atoms with Crippen LogP contribution in [0.5, 0.6) is 0 Å². The normalized spacial score (nSPS) is 31.6. The highest BCUT2D eigenvalue weighted by atomic mass is 127.